The Bertz CT molecular complexity index is 604. The molecule has 0 atom stereocenters. The predicted octanol–water partition coefficient (Wildman–Crippen LogP) is 1.26. The number of imidazole rings is 1. The number of benzene rings is 1. The average Bonchev–Trinajstić information content (AvgIpc) is 2.81. The van der Waals surface area contributed by atoms with E-state index < -0.39 is 4.92 Å². The summed E-state index contributed by atoms with van der Waals surface area (Å²) in [5, 5.41) is 13.2. The molecule has 1 aromatic heterocycles. The molecule has 7 heteroatoms. The van der Waals surface area contributed by atoms with Gasteiger partial charge in [-0.1, -0.05) is 0 Å². The Morgan fingerprint density at radius 2 is 2.11 bits per heavy atom. The van der Waals surface area contributed by atoms with Gasteiger partial charge in [0.25, 0.3) is 11.6 Å². The van der Waals surface area contributed by atoms with E-state index in [1.165, 1.54) is 24.3 Å². The zero-order chi connectivity index (χ0) is 13.8. The Hall–Kier alpha value is -2.70. The minimum Gasteiger partial charge on any atom is -0.345 e. The molecule has 0 radical (unpaired) electrons. The lowest BCUT2D eigenvalue weighted by Crippen LogP contribution is -2.24. The summed E-state index contributed by atoms with van der Waals surface area (Å²) in [5.41, 5.74) is 0.334. The number of aromatic nitrogens is 2. The van der Waals surface area contributed by atoms with Crippen LogP contribution in [-0.4, -0.2) is 20.4 Å². The Morgan fingerprint density at radius 3 is 2.63 bits per heavy atom. The van der Waals surface area contributed by atoms with Crippen molar-refractivity contribution in [3.05, 3.63) is 58.2 Å². The summed E-state index contributed by atoms with van der Waals surface area (Å²) in [4.78, 5) is 25.9. The van der Waals surface area contributed by atoms with Crippen LogP contribution in [0.5, 0.6) is 0 Å². The summed E-state index contributed by atoms with van der Waals surface area (Å²) in [6.07, 6.45) is 3.43. The number of nitro groups is 1. The van der Waals surface area contributed by atoms with Gasteiger partial charge in [0.1, 0.15) is 5.82 Å². The van der Waals surface area contributed by atoms with Crippen molar-refractivity contribution < 1.29 is 9.72 Å². The third-order valence-corrected chi connectivity index (χ3v) is 2.67. The molecule has 0 saturated carbocycles. The molecule has 1 aromatic carbocycles. The molecule has 7 nitrogen and oxygen atoms in total. The number of nitrogens with one attached hydrogen (secondary N) is 1. The highest BCUT2D eigenvalue weighted by molar-refractivity contribution is 5.94. The second-order valence-electron chi connectivity index (χ2n) is 3.94. The number of hydrogen-bond donors (Lipinski definition) is 1. The molecule has 0 aliphatic rings. The number of rotatable bonds is 4. The van der Waals surface area contributed by atoms with Gasteiger partial charge in [-0.2, -0.15) is 0 Å². The summed E-state index contributed by atoms with van der Waals surface area (Å²) in [7, 11) is 1.83. The van der Waals surface area contributed by atoms with Crippen molar-refractivity contribution in [2.45, 2.75) is 6.54 Å². The maximum absolute atomic E-state index is 11.8. The monoisotopic (exact) mass is 260 g/mol. The fourth-order valence-corrected chi connectivity index (χ4v) is 1.56. The fourth-order valence-electron chi connectivity index (χ4n) is 1.56. The van der Waals surface area contributed by atoms with Crippen LogP contribution in [-0.2, 0) is 13.6 Å². The number of nitro benzene ring substituents is 1. The van der Waals surface area contributed by atoms with Crippen molar-refractivity contribution >= 4 is 11.6 Å². The van der Waals surface area contributed by atoms with Crippen molar-refractivity contribution in [3.63, 3.8) is 0 Å². The second-order valence-corrected chi connectivity index (χ2v) is 3.94. The van der Waals surface area contributed by atoms with Crippen molar-refractivity contribution in [1.82, 2.24) is 14.9 Å². The maximum Gasteiger partial charge on any atom is 0.269 e. The first-order chi connectivity index (χ1) is 9.08. The molecule has 0 aliphatic carbocycles. The highest BCUT2D eigenvalue weighted by Gasteiger charge is 2.09. The van der Waals surface area contributed by atoms with Crippen LogP contribution in [0.2, 0.25) is 0 Å². The maximum atomic E-state index is 11.8. The predicted molar refractivity (Wildman–Crippen MR) is 67.5 cm³/mol. The zero-order valence-electron chi connectivity index (χ0n) is 10.2. The topological polar surface area (TPSA) is 90.1 Å². The van der Waals surface area contributed by atoms with Gasteiger partial charge in [-0.25, -0.2) is 4.98 Å². The molecule has 2 rings (SSSR count). The Kier molecular flexibility index (Phi) is 3.56. The summed E-state index contributed by atoms with van der Waals surface area (Å²) < 4.78 is 1.80. The molecule has 19 heavy (non-hydrogen) atoms. The molecule has 1 N–H and O–H groups in total. The zero-order valence-corrected chi connectivity index (χ0v) is 10.2. The molecule has 0 fully saturated rings. The number of amides is 1. The molecule has 0 saturated heterocycles. The number of nitrogens with zero attached hydrogens (tertiary/aromatic N) is 3. The van der Waals surface area contributed by atoms with Gasteiger partial charge in [-0.05, 0) is 12.1 Å². The molecule has 1 amide bonds. The normalized spacial score (nSPS) is 10.2. The highest BCUT2D eigenvalue weighted by atomic mass is 16.6. The quantitative estimate of drug-likeness (QED) is 0.661. The van der Waals surface area contributed by atoms with E-state index in [9.17, 15) is 14.9 Å². The van der Waals surface area contributed by atoms with Gasteiger partial charge in [-0.15, -0.1) is 0 Å². The summed E-state index contributed by atoms with van der Waals surface area (Å²) in [6.45, 7) is 0.305. The molecular formula is C12H12N4O3. The van der Waals surface area contributed by atoms with Gasteiger partial charge < -0.3 is 9.88 Å². The van der Waals surface area contributed by atoms with Crippen LogP contribution in [0.25, 0.3) is 0 Å². The van der Waals surface area contributed by atoms with Gasteiger partial charge in [-0.3, -0.25) is 14.9 Å². The first-order valence-corrected chi connectivity index (χ1v) is 5.57. The molecule has 0 unspecified atom stereocenters. The summed E-state index contributed by atoms with van der Waals surface area (Å²) in [5.74, 6) is 0.438. The SMILES string of the molecule is Cn1ccnc1CNC(=O)c1ccc([N+](=O)[O-])cc1. The van der Waals surface area contributed by atoms with Gasteiger partial charge >= 0.3 is 0 Å². The van der Waals surface area contributed by atoms with E-state index in [1.54, 1.807) is 17.0 Å². The molecule has 98 valence electrons. The Morgan fingerprint density at radius 1 is 1.42 bits per heavy atom. The van der Waals surface area contributed by atoms with E-state index in [4.69, 9.17) is 0 Å². The van der Waals surface area contributed by atoms with Crippen LogP contribution in [0, 0.1) is 10.1 Å². The largest absolute Gasteiger partial charge is 0.345 e. The second kappa shape index (κ2) is 5.30. The van der Waals surface area contributed by atoms with Crippen LogP contribution in [0.15, 0.2) is 36.7 Å². The van der Waals surface area contributed by atoms with E-state index in [0.29, 0.717) is 12.1 Å². The van der Waals surface area contributed by atoms with Crippen LogP contribution in [0.4, 0.5) is 5.69 Å². The van der Waals surface area contributed by atoms with E-state index in [-0.39, 0.29) is 11.6 Å². The first kappa shape index (κ1) is 12.7. The van der Waals surface area contributed by atoms with Crippen molar-refractivity contribution in [3.8, 4) is 0 Å². The van der Waals surface area contributed by atoms with Gasteiger partial charge in [0, 0.05) is 37.1 Å². The van der Waals surface area contributed by atoms with Crippen LogP contribution in [0.1, 0.15) is 16.2 Å². The van der Waals surface area contributed by atoms with Crippen molar-refractivity contribution in [2.24, 2.45) is 7.05 Å². The Labute approximate surface area is 109 Å². The summed E-state index contributed by atoms with van der Waals surface area (Å²) >= 11 is 0. The number of carbonyl (C=O) groups is 1. The van der Waals surface area contributed by atoms with E-state index in [0.717, 1.165) is 5.82 Å². The minimum atomic E-state index is -0.504. The van der Waals surface area contributed by atoms with Gasteiger partial charge in [0.05, 0.1) is 11.5 Å². The smallest absolute Gasteiger partial charge is 0.269 e. The number of non-ortho nitro benzene ring substituents is 1. The number of aryl methyl sites for hydroxylation is 1. The summed E-state index contributed by atoms with van der Waals surface area (Å²) in [6, 6.07) is 5.45. The van der Waals surface area contributed by atoms with E-state index in [1.807, 2.05) is 7.05 Å². The van der Waals surface area contributed by atoms with Gasteiger partial charge in [0.15, 0.2) is 0 Å². The molecule has 2 aromatic rings. The van der Waals surface area contributed by atoms with Crippen LogP contribution >= 0.6 is 0 Å². The van der Waals surface area contributed by atoms with Crippen LogP contribution < -0.4 is 5.32 Å². The lowest BCUT2D eigenvalue weighted by atomic mass is 10.2. The molecular weight excluding hydrogens is 248 g/mol. The fraction of sp³-hybridized carbons (Fsp3) is 0.167. The van der Waals surface area contributed by atoms with E-state index in [2.05, 4.69) is 10.3 Å². The molecule has 0 spiro atoms. The van der Waals surface area contributed by atoms with Crippen molar-refractivity contribution in [1.29, 1.82) is 0 Å². The lowest BCUT2D eigenvalue weighted by Gasteiger charge is -2.05. The van der Waals surface area contributed by atoms with Crippen LogP contribution in [0.3, 0.4) is 0 Å². The molecule has 0 aliphatic heterocycles. The third kappa shape index (κ3) is 2.95. The van der Waals surface area contributed by atoms with E-state index >= 15 is 0 Å². The molecule has 1 heterocycles. The highest BCUT2D eigenvalue weighted by Crippen LogP contribution is 2.11. The molecule has 0 bridgehead atoms. The third-order valence-electron chi connectivity index (χ3n) is 2.67. The number of carbonyl (C=O) groups excluding carboxylic acids is 1. The Balaban J connectivity index is 2.00. The standard InChI is InChI=1S/C12H12N4O3/c1-15-7-6-13-11(15)8-14-12(17)9-2-4-10(5-3-9)16(18)19/h2-7H,8H2,1H3,(H,14,17). The number of hydrogen-bond acceptors (Lipinski definition) is 4. The minimum absolute atomic E-state index is 0.0411. The van der Waals surface area contributed by atoms with Crippen molar-refractivity contribution in [2.75, 3.05) is 0 Å². The lowest BCUT2D eigenvalue weighted by molar-refractivity contribution is -0.384. The first-order valence-electron chi connectivity index (χ1n) is 5.57. The average molecular weight is 260 g/mol. The van der Waals surface area contributed by atoms with Gasteiger partial charge in [0.2, 0.25) is 0 Å².